The summed E-state index contributed by atoms with van der Waals surface area (Å²) in [6.07, 6.45) is 48.2. The number of hydrogen-bond donors (Lipinski definition) is 3. The van der Waals surface area contributed by atoms with E-state index >= 15 is 0 Å². The molecule has 0 aromatic heterocycles. The molecular weight excluding hydrogens is 949 g/mol. The number of unbranched alkanes of at least 4 members (excludes halogenated alkanes) is 33. The minimum atomic E-state index is -1.90. The highest BCUT2D eigenvalue weighted by molar-refractivity contribution is 5.74. The Hall–Kier alpha value is -3.06. The standard InChI is InChI=1S/C63H112O12/c1-4-7-10-13-16-19-22-25-27-28-30-33-36-39-42-45-48-51-57(66)74-61-59(68)58(67)60(62(69)70)75-63(61)72-53-54(73-56(65)50-47-44-41-38-35-31-24-21-18-15-12-9-6-3)52-71-55(64)49-46-43-40-37-34-32-29-26-23-20-17-14-11-8-5-2/h16,19,25-27,29,54,58-61,63,67-68H,4-15,17-18,20-24,28,30-53H2,1-3H3,(H,69,70)/b19-16-,27-25-,29-26-. The first-order valence-electron chi connectivity index (χ1n) is 31.0. The zero-order valence-electron chi connectivity index (χ0n) is 48.1. The Morgan fingerprint density at radius 1 is 0.440 bits per heavy atom. The smallest absolute Gasteiger partial charge is 0.335 e. The van der Waals surface area contributed by atoms with Crippen LogP contribution in [0.2, 0.25) is 0 Å². The highest BCUT2D eigenvalue weighted by Crippen LogP contribution is 2.27. The van der Waals surface area contributed by atoms with Gasteiger partial charge in [0.1, 0.15) is 18.8 Å². The van der Waals surface area contributed by atoms with Crippen molar-refractivity contribution in [2.45, 2.75) is 327 Å². The van der Waals surface area contributed by atoms with Crippen molar-refractivity contribution in [1.29, 1.82) is 0 Å². The zero-order valence-corrected chi connectivity index (χ0v) is 48.1. The molecule has 0 aliphatic carbocycles. The Bertz CT molecular complexity index is 1450. The minimum absolute atomic E-state index is 0.0539. The van der Waals surface area contributed by atoms with E-state index in [1.54, 1.807) is 0 Å². The first kappa shape index (κ1) is 70.0. The third kappa shape index (κ3) is 41.7. The lowest BCUT2D eigenvalue weighted by atomic mass is 9.98. The average Bonchev–Trinajstić information content (AvgIpc) is 3.39. The Labute approximate surface area is 457 Å². The molecule has 1 aliphatic rings. The second-order valence-electron chi connectivity index (χ2n) is 21.3. The number of carbonyl (C=O) groups excluding carboxylic acids is 3. The van der Waals surface area contributed by atoms with Crippen LogP contribution in [0.4, 0.5) is 0 Å². The van der Waals surface area contributed by atoms with E-state index in [9.17, 15) is 34.5 Å². The predicted molar refractivity (Wildman–Crippen MR) is 303 cm³/mol. The quantitative estimate of drug-likeness (QED) is 0.0228. The van der Waals surface area contributed by atoms with Crippen molar-refractivity contribution in [3.63, 3.8) is 0 Å². The van der Waals surface area contributed by atoms with Gasteiger partial charge in [-0.3, -0.25) is 14.4 Å². The number of aliphatic hydroxyl groups is 2. The number of esters is 3. The first-order chi connectivity index (χ1) is 36.6. The molecule has 3 N–H and O–H groups in total. The molecule has 75 heavy (non-hydrogen) atoms. The van der Waals surface area contributed by atoms with Crippen LogP contribution < -0.4 is 0 Å². The second kappa shape index (κ2) is 51.7. The van der Waals surface area contributed by atoms with Gasteiger partial charge in [-0.15, -0.1) is 0 Å². The van der Waals surface area contributed by atoms with Crippen LogP contribution in [0.1, 0.15) is 290 Å². The lowest BCUT2D eigenvalue weighted by molar-refractivity contribution is -0.301. The lowest BCUT2D eigenvalue weighted by Gasteiger charge is -2.40. The van der Waals surface area contributed by atoms with E-state index in [2.05, 4.69) is 57.2 Å². The van der Waals surface area contributed by atoms with E-state index in [4.69, 9.17) is 23.7 Å². The summed E-state index contributed by atoms with van der Waals surface area (Å²) >= 11 is 0. The SMILES string of the molecule is CCCCC/C=C\C/C=C\CCCCCCCCCC(=O)OC1C(OCC(COC(=O)CCCCCCC/C=C\CCCCCCCC)OC(=O)CCCCCCCCCCCCCCC)OC(C(=O)O)C(O)C1O. The van der Waals surface area contributed by atoms with Crippen molar-refractivity contribution in [2.75, 3.05) is 13.2 Å². The van der Waals surface area contributed by atoms with Crippen LogP contribution in [0.25, 0.3) is 0 Å². The summed E-state index contributed by atoms with van der Waals surface area (Å²) in [7, 11) is 0. The van der Waals surface area contributed by atoms with E-state index < -0.39 is 67.3 Å². The number of carboxylic acid groups (broad SMARTS) is 1. The van der Waals surface area contributed by atoms with Gasteiger partial charge in [-0.25, -0.2) is 4.79 Å². The van der Waals surface area contributed by atoms with E-state index in [1.807, 2.05) is 0 Å². The van der Waals surface area contributed by atoms with Gasteiger partial charge < -0.3 is 39.0 Å². The molecule has 12 nitrogen and oxygen atoms in total. The molecular formula is C63H112O12. The molecule has 436 valence electrons. The third-order valence-corrected chi connectivity index (χ3v) is 14.2. The molecule has 1 aliphatic heterocycles. The summed E-state index contributed by atoms with van der Waals surface area (Å²) in [5.74, 6) is -3.11. The average molecular weight is 1060 g/mol. The number of hydrogen-bond acceptors (Lipinski definition) is 11. The maximum absolute atomic E-state index is 13.1. The summed E-state index contributed by atoms with van der Waals surface area (Å²) in [4.78, 5) is 51.2. The van der Waals surface area contributed by atoms with Crippen LogP contribution in [-0.2, 0) is 42.9 Å². The molecule has 0 bridgehead atoms. The molecule has 0 aromatic rings. The molecule has 0 radical (unpaired) electrons. The molecule has 1 saturated heterocycles. The fraction of sp³-hybridized carbons (Fsp3) is 0.841. The maximum Gasteiger partial charge on any atom is 0.335 e. The van der Waals surface area contributed by atoms with Crippen LogP contribution in [0.15, 0.2) is 36.5 Å². The van der Waals surface area contributed by atoms with Crippen molar-refractivity contribution in [3.05, 3.63) is 36.5 Å². The molecule has 12 heteroatoms. The van der Waals surface area contributed by atoms with Crippen LogP contribution in [0.5, 0.6) is 0 Å². The summed E-state index contributed by atoms with van der Waals surface area (Å²) in [6.45, 7) is 5.98. The van der Waals surface area contributed by atoms with Gasteiger partial charge in [0.2, 0.25) is 0 Å². The highest BCUT2D eigenvalue weighted by Gasteiger charge is 2.50. The van der Waals surface area contributed by atoms with Crippen molar-refractivity contribution in [3.8, 4) is 0 Å². The van der Waals surface area contributed by atoms with Gasteiger partial charge in [0, 0.05) is 19.3 Å². The molecule has 6 unspecified atom stereocenters. The number of aliphatic carboxylic acids is 1. The minimum Gasteiger partial charge on any atom is -0.479 e. The zero-order chi connectivity index (χ0) is 54.7. The highest BCUT2D eigenvalue weighted by atomic mass is 16.7. The second-order valence-corrected chi connectivity index (χ2v) is 21.3. The van der Waals surface area contributed by atoms with E-state index in [1.165, 1.54) is 116 Å². The fourth-order valence-electron chi connectivity index (χ4n) is 9.39. The largest absolute Gasteiger partial charge is 0.479 e. The Morgan fingerprint density at radius 3 is 1.24 bits per heavy atom. The number of carboxylic acids is 1. The molecule has 6 atom stereocenters. The third-order valence-electron chi connectivity index (χ3n) is 14.2. The van der Waals surface area contributed by atoms with Gasteiger partial charge in [0.05, 0.1) is 6.61 Å². The summed E-state index contributed by atoms with van der Waals surface area (Å²) in [5.41, 5.74) is 0. The molecule has 1 fully saturated rings. The van der Waals surface area contributed by atoms with Crippen LogP contribution in [0.3, 0.4) is 0 Å². The number of rotatable bonds is 53. The lowest BCUT2D eigenvalue weighted by Crippen LogP contribution is -2.61. The number of carbonyl (C=O) groups is 4. The molecule has 1 rings (SSSR count). The van der Waals surface area contributed by atoms with Crippen LogP contribution in [-0.4, -0.2) is 89.2 Å². The van der Waals surface area contributed by atoms with Gasteiger partial charge in [0.25, 0.3) is 0 Å². The monoisotopic (exact) mass is 1060 g/mol. The Kier molecular flexibility index (Phi) is 48.2. The molecule has 0 spiro atoms. The Balaban J connectivity index is 2.67. The number of allylic oxidation sites excluding steroid dienone is 6. The summed E-state index contributed by atoms with van der Waals surface area (Å²) in [6, 6.07) is 0. The van der Waals surface area contributed by atoms with Crippen molar-refractivity contribution in [2.24, 2.45) is 0 Å². The topological polar surface area (TPSA) is 175 Å². The Morgan fingerprint density at radius 2 is 0.800 bits per heavy atom. The normalized spacial score (nSPS) is 18.3. The molecule has 0 saturated carbocycles. The maximum atomic E-state index is 13.1. The number of aliphatic hydroxyl groups excluding tert-OH is 2. The number of ether oxygens (including phenoxy) is 5. The van der Waals surface area contributed by atoms with Crippen LogP contribution >= 0.6 is 0 Å². The van der Waals surface area contributed by atoms with Gasteiger partial charge in [0.15, 0.2) is 24.6 Å². The predicted octanol–water partition coefficient (Wildman–Crippen LogP) is 16.0. The van der Waals surface area contributed by atoms with Crippen LogP contribution in [0, 0.1) is 0 Å². The molecule has 0 aromatic carbocycles. The fourth-order valence-corrected chi connectivity index (χ4v) is 9.39. The van der Waals surface area contributed by atoms with Crippen molar-refractivity contribution < 1.29 is 58.2 Å². The van der Waals surface area contributed by atoms with E-state index in [0.29, 0.717) is 19.3 Å². The van der Waals surface area contributed by atoms with Gasteiger partial charge in [-0.2, -0.15) is 0 Å². The molecule has 0 amide bonds. The van der Waals surface area contributed by atoms with Gasteiger partial charge in [-0.1, -0.05) is 231 Å². The van der Waals surface area contributed by atoms with Crippen molar-refractivity contribution >= 4 is 23.9 Å². The van der Waals surface area contributed by atoms with Gasteiger partial charge in [-0.05, 0) is 77.0 Å². The van der Waals surface area contributed by atoms with E-state index in [-0.39, 0.29) is 25.9 Å². The van der Waals surface area contributed by atoms with Gasteiger partial charge >= 0.3 is 23.9 Å². The summed E-state index contributed by atoms with van der Waals surface area (Å²) in [5, 5.41) is 31.5. The van der Waals surface area contributed by atoms with E-state index in [0.717, 1.165) is 116 Å². The molecule has 1 heterocycles. The first-order valence-corrected chi connectivity index (χ1v) is 31.0. The van der Waals surface area contributed by atoms with Crippen molar-refractivity contribution in [1.82, 2.24) is 0 Å². The summed E-state index contributed by atoms with van der Waals surface area (Å²) < 4.78 is 28.5.